The van der Waals surface area contributed by atoms with E-state index in [-0.39, 0.29) is 6.04 Å². The first kappa shape index (κ1) is 10.7. The van der Waals surface area contributed by atoms with Crippen molar-refractivity contribution in [1.29, 1.82) is 5.26 Å². The Morgan fingerprint density at radius 2 is 2.50 bits per heavy atom. The van der Waals surface area contributed by atoms with Crippen LogP contribution in [-0.4, -0.2) is 22.4 Å². The van der Waals surface area contributed by atoms with Crippen LogP contribution >= 0.6 is 0 Å². The van der Waals surface area contributed by atoms with E-state index in [1.165, 1.54) is 0 Å². The quantitative estimate of drug-likeness (QED) is 0.759. The van der Waals surface area contributed by atoms with Crippen LogP contribution in [0.1, 0.15) is 19.0 Å². The highest BCUT2D eigenvalue weighted by molar-refractivity contribution is 4.95. The largest absolute Gasteiger partial charge is 0.302 e. The summed E-state index contributed by atoms with van der Waals surface area (Å²) in [7, 11) is 0. The third-order valence-electron chi connectivity index (χ3n) is 2.03. The maximum Gasteiger partial charge on any atom is 0.0970 e. The zero-order valence-electron chi connectivity index (χ0n) is 8.70. The van der Waals surface area contributed by atoms with Crippen molar-refractivity contribution in [2.75, 3.05) is 6.54 Å². The van der Waals surface area contributed by atoms with Gasteiger partial charge in [0.1, 0.15) is 0 Å². The molecule has 0 amide bonds. The van der Waals surface area contributed by atoms with Crippen molar-refractivity contribution in [3.05, 3.63) is 18.0 Å². The van der Waals surface area contributed by atoms with Crippen LogP contribution in [0.3, 0.4) is 0 Å². The second-order valence-electron chi connectivity index (χ2n) is 3.25. The lowest BCUT2D eigenvalue weighted by Gasteiger charge is -2.08. The molecule has 76 valence electrons. The summed E-state index contributed by atoms with van der Waals surface area (Å²) in [6, 6.07) is 4.13. The Hall–Kier alpha value is -1.34. The van der Waals surface area contributed by atoms with Gasteiger partial charge in [-0.25, -0.2) is 0 Å². The van der Waals surface area contributed by atoms with Gasteiger partial charge in [0.05, 0.1) is 17.8 Å². The third-order valence-corrected chi connectivity index (χ3v) is 2.03. The topological polar surface area (TPSA) is 53.6 Å². The average Bonchev–Trinajstić information content (AvgIpc) is 2.59. The summed E-state index contributed by atoms with van der Waals surface area (Å²) in [6.45, 7) is 5.58. The summed E-state index contributed by atoms with van der Waals surface area (Å²) in [5.41, 5.74) is 1.02. The van der Waals surface area contributed by atoms with E-state index < -0.39 is 0 Å². The van der Waals surface area contributed by atoms with Crippen LogP contribution in [0, 0.1) is 18.3 Å². The van der Waals surface area contributed by atoms with Crippen molar-refractivity contribution in [2.24, 2.45) is 0 Å². The Kier molecular flexibility index (Phi) is 4.14. The van der Waals surface area contributed by atoms with Gasteiger partial charge in [-0.05, 0) is 26.0 Å². The average molecular weight is 192 g/mol. The minimum Gasteiger partial charge on any atom is -0.302 e. The number of nitrogens with one attached hydrogen (secondary N) is 1. The Balaban J connectivity index is 2.36. The van der Waals surface area contributed by atoms with E-state index in [1.807, 2.05) is 30.8 Å². The normalized spacial score (nSPS) is 12.4. The summed E-state index contributed by atoms with van der Waals surface area (Å²) < 4.78 is 1.87. The molecular formula is C10H16N4. The van der Waals surface area contributed by atoms with Crippen molar-refractivity contribution >= 4 is 0 Å². The van der Waals surface area contributed by atoms with Gasteiger partial charge in [-0.2, -0.15) is 10.4 Å². The van der Waals surface area contributed by atoms with Crippen LogP contribution in [0.15, 0.2) is 12.3 Å². The molecule has 1 unspecified atom stereocenters. The van der Waals surface area contributed by atoms with E-state index in [0.29, 0.717) is 0 Å². The Bertz CT molecular complexity index is 310. The lowest BCUT2D eigenvalue weighted by Crippen LogP contribution is -2.28. The molecule has 0 aliphatic heterocycles. The van der Waals surface area contributed by atoms with Crippen molar-refractivity contribution < 1.29 is 0 Å². The van der Waals surface area contributed by atoms with E-state index in [9.17, 15) is 0 Å². The molecule has 1 rings (SSSR count). The predicted molar refractivity (Wildman–Crippen MR) is 54.7 cm³/mol. The molecule has 1 atom stereocenters. The number of hydrogen-bond donors (Lipinski definition) is 1. The fourth-order valence-electron chi connectivity index (χ4n) is 1.31. The molecule has 1 N–H and O–H groups in total. The summed E-state index contributed by atoms with van der Waals surface area (Å²) >= 11 is 0. The van der Waals surface area contributed by atoms with E-state index in [0.717, 1.165) is 25.2 Å². The van der Waals surface area contributed by atoms with Crippen LogP contribution in [0.4, 0.5) is 0 Å². The highest BCUT2D eigenvalue weighted by atomic mass is 15.3. The van der Waals surface area contributed by atoms with Crippen LogP contribution < -0.4 is 5.32 Å². The Morgan fingerprint density at radius 1 is 1.71 bits per heavy atom. The first-order valence-electron chi connectivity index (χ1n) is 4.89. The molecule has 0 aliphatic rings. The predicted octanol–water partition coefficient (Wildman–Crippen LogP) is 1.08. The molecule has 4 nitrogen and oxygen atoms in total. The van der Waals surface area contributed by atoms with E-state index in [1.54, 1.807) is 0 Å². The van der Waals surface area contributed by atoms with E-state index in [2.05, 4.69) is 16.5 Å². The zero-order chi connectivity index (χ0) is 10.4. The fourth-order valence-corrected chi connectivity index (χ4v) is 1.31. The van der Waals surface area contributed by atoms with Crippen molar-refractivity contribution in [1.82, 2.24) is 15.1 Å². The summed E-state index contributed by atoms with van der Waals surface area (Å²) in [5.74, 6) is 0. The number of aromatic nitrogens is 2. The Labute approximate surface area is 84.5 Å². The van der Waals surface area contributed by atoms with E-state index in [4.69, 9.17) is 5.26 Å². The minimum absolute atomic E-state index is 0.0653. The molecule has 0 spiro atoms. The summed E-state index contributed by atoms with van der Waals surface area (Å²) in [5, 5.41) is 16.2. The van der Waals surface area contributed by atoms with Crippen LogP contribution in [-0.2, 0) is 6.54 Å². The van der Waals surface area contributed by atoms with Gasteiger partial charge in [0, 0.05) is 12.7 Å². The molecule has 0 aromatic carbocycles. The van der Waals surface area contributed by atoms with Crippen molar-refractivity contribution in [3.63, 3.8) is 0 Å². The molecule has 0 saturated carbocycles. The third kappa shape index (κ3) is 3.19. The van der Waals surface area contributed by atoms with Crippen LogP contribution in [0.25, 0.3) is 0 Å². The molecule has 1 aromatic heterocycles. The van der Waals surface area contributed by atoms with Gasteiger partial charge in [0.15, 0.2) is 0 Å². The van der Waals surface area contributed by atoms with Gasteiger partial charge >= 0.3 is 0 Å². The zero-order valence-corrected chi connectivity index (χ0v) is 8.70. The van der Waals surface area contributed by atoms with Gasteiger partial charge in [0.2, 0.25) is 0 Å². The maximum absolute atomic E-state index is 8.80. The molecule has 0 fully saturated rings. The molecule has 0 saturated heterocycles. The lowest BCUT2D eigenvalue weighted by molar-refractivity contribution is 0.500. The fraction of sp³-hybridized carbons (Fsp3) is 0.600. The van der Waals surface area contributed by atoms with Gasteiger partial charge in [-0.15, -0.1) is 0 Å². The number of aryl methyl sites for hydroxylation is 2. The molecule has 0 radical (unpaired) electrons. The lowest BCUT2D eigenvalue weighted by atomic mass is 10.2. The second kappa shape index (κ2) is 5.40. The number of nitrogens with zero attached hydrogens (tertiary/aromatic N) is 3. The summed E-state index contributed by atoms with van der Waals surface area (Å²) in [4.78, 5) is 0. The molecule has 0 aliphatic carbocycles. The van der Waals surface area contributed by atoms with Crippen LogP contribution in [0.2, 0.25) is 0 Å². The molecule has 1 aromatic rings. The van der Waals surface area contributed by atoms with Gasteiger partial charge in [-0.3, -0.25) is 4.68 Å². The number of nitriles is 1. The molecule has 1 heterocycles. The van der Waals surface area contributed by atoms with Crippen LogP contribution in [0.5, 0.6) is 0 Å². The van der Waals surface area contributed by atoms with E-state index >= 15 is 0 Å². The summed E-state index contributed by atoms with van der Waals surface area (Å²) in [6.07, 6.45) is 2.74. The highest BCUT2D eigenvalue weighted by Gasteiger charge is 2.05. The molecule has 4 heteroatoms. The minimum atomic E-state index is -0.0653. The van der Waals surface area contributed by atoms with Crippen molar-refractivity contribution in [2.45, 2.75) is 32.9 Å². The standard InChI is InChI=1S/C10H16N4/c1-3-12-10(8-11)5-7-14-6-4-9(2)13-14/h4,6,10,12H,3,5,7H2,1-2H3. The number of hydrogen-bond acceptors (Lipinski definition) is 3. The maximum atomic E-state index is 8.80. The monoisotopic (exact) mass is 192 g/mol. The van der Waals surface area contributed by atoms with Gasteiger partial charge in [0.25, 0.3) is 0 Å². The first-order chi connectivity index (χ1) is 6.76. The number of rotatable bonds is 5. The Morgan fingerprint density at radius 3 is 3.00 bits per heavy atom. The molecule has 14 heavy (non-hydrogen) atoms. The molecular weight excluding hydrogens is 176 g/mol. The van der Waals surface area contributed by atoms with Gasteiger partial charge in [-0.1, -0.05) is 6.92 Å². The molecule has 0 bridgehead atoms. The second-order valence-corrected chi connectivity index (χ2v) is 3.25. The first-order valence-corrected chi connectivity index (χ1v) is 4.89. The van der Waals surface area contributed by atoms with Gasteiger partial charge < -0.3 is 5.32 Å². The van der Waals surface area contributed by atoms with Crippen molar-refractivity contribution in [3.8, 4) is 6.07 Å². The smallest absolute Gasteiger partial charge is 0.0970 e. The SMILES string of the molecule is CCNC(C#N)CCn1ccc(C)n1. The highest BCUT2D eigenvalue weighted by Crippen LogP contribution is 1.97.